The molecule has 2 aliphatic rings. The highest BCUT2D eigenvalue weighted by Crippen LogP contribution is 2.29. The fourth-order valence-electron chi connectivity index (χ4n) is 4.25. The summed E-state index contributed by atoms with van der Waals surface area (Å²) in [7, 11) is 3.18. The molecule has 0 atom stereocenters. The predicted octanol–water partition coefficient (Wildman–Crippen LogP) is 3.50. The summed E-state index contributed by atoms with van der Waals surface area (Å²) < 4.78 is 21.3. The molecular formula is C27H34N4O6. The molecule has 10 heteroatoms. The van der Waals surface area contributed by atoms with E-state index >= 15 is 0 Å². The second-order valence-electron chi connectivity index (χ2n) is 8.83. The number of rotatable bonds is 10. The lowest BCUT2D eigenvalue weighted by Gasteiger charge is -2.26. The van der Waals surface area contributed by atoms with Crippen LogP contribution in [0, 0.1) is 0 Å². The van der Waals surface area contributed by atoms with Crippen LogP contribution < -0.4 is 14.8 Å². The van der Waals surface area contributed by atoms with Crippen LogP contribution in [0.4, 0.5) is 10.5 Å². The number of amides is 2. The molecule has 37 heavy (non-hydrogen) atoms. The number of benzene rings is 2. The van der Waals surface area contributed by atoms with E-state index in [0.29, 0.717) is 43.2 Å². The molecule has 2 amide bonds. The Morgan fingerprint density at radius 2 is 1.78 bits per heavy atom. The van der Waals surface area contributed by atoms with Crippen molar-refractivity contribution in [1.29, 1.82) is 0 Å². The minimum atomic E-state index is -0.481. The molecule has 0 radical (unpaired) electrons. The molecule has 0 spiro atoms. The summed E-state index contributed by atoms with van der Waals surface area (Å²) in [4.78, 5) is 26.9. The third-order valence-electron chi connectivity index (χ3n) is 6.31. The van der Waals surface area contributed by atoms with Gasteiger partial charge in [0.2, 0.25) is 5.91 Å². The van der Waals surface area contributed by atoms with E-state index in [-0.39, 0.29) is 5.91 Å². The minimum absolute atomic E-state index is 0.0351. The third kappa shape index (κ3) is 7.43. The average molecular weight is 511 g/mol. The van der Waals surface area contributed by atoms with Gasteiger partial charge in [0.25, 0.3) is 0 Å². The van der Waals surface area contributed by atoms with E-state index in [1.165, 1.54) is 5.01 Å². The number of morpholine rings is 1. The number of hydrogen-bond acceptors (Lipinski definition) is 8. The van der Waals surface area contributed by atoms with Crippen molar-refractivity contribution in [3.63, 3.8) is 0 Å². The van der Waals surface area contributed by atoms with Crippen molar-refractivity contribution in [3.8, 4) is 11.5 Å². The van der Waals surface area contributed by atoms with Crippen LogP contribution >= 0.6 is 0 Å². The quantitative estimate of drug-likeness (QED) is 0.488. The summed E-state index contributed by atoms with van der Waals surface area (Å²) in [6.07, 6.45) is 1.24. The summed E-state index contributed by atoms with van der Waals surface area (Å²) in [5, 5.41) is 8.84. The van der Waals surface area contributed by atoms with E-state index in [9.17, 15) is 9.59 Å². The maximum Gasteiger partial charge on any atom is 0.411 e. The van der Waals surface area contributed by atoms with Crippen molar-refractivity contribution < 1.29 is 28.5 Å². The van der Waals surface area contributed by atoms with Crippen molar-refractivity contribution in [1.82, 2.24) is 9.91 Å². The Morgan fingerprint density at radius 3 is 2.51 bits per heavy atom. The van der Waals surface area contributed by atoms with Crippen LogP contribution in [0.1, 0.15) is 30.4 Å². The van der Waals surface area contributed by atoms with E-state index in [1.54, 1.807) is 26.4 Å². The maximum atomic E-state index is 12.5. The van der Waals surface area contributed by atoms with Crippen LogP contribution in [-0.2, 0) is 20.8 Å². The largest absolute Gasteiger partial charge is 0.493 e. The lowest BCUT2D eigenvalue weighted by Crippen LogP contribution is -2.37. The number of hydrazone groups is 1. The first-order valence-electron chi connectivity index (χ1n) is 12.5. The number of methoxy groups -OCH3 is 2. The molecule has 0 unspecified atom stereocenters. The van der Waals surface area contributed by atoms with E-state index in [4.69, 9.17) is 18.9 Å². The molecule has 1 fully saturated rings. The number of carbonyl (C=O) groups excluding carboxylic acids is 2. The zero-order valence-corrected chi connectivity index (χ0v) is 21.4. The Balaban J connectivity index is 1.28. The van der Waals surface area contributed by atoms with Gasteiger partial charge in [-0.2, -0.15) is 5.10 Å². The fourth-order valence-corrected chi connectivity index (χ4v) is 4.25. The van der Waals surface area contributed by atoms with Gasteiger partial charge in [0.05, 0.1) is 46.3 Å². The summed E-state index contributed by atoms with van der Waals surface area (Å²) in [5.74, 6) is 1.22. The smallest absolute Gasteiger partial charge is 0.411 e. The van der Waals surface area contributed by atoms with Crippen LogP contribution in [0.25, 0.3) is 0 Å². The normalized spacial score (nSPS) is 16.2. The van der Waals surface area contributed by atoms with Crippen LogP contribution in [0.3, 0.4) is 0 Å². The van der Waals surface area contributed by atoms with Gasteiger partial charge in [-0.3, -0.25) is 15.0 Å². The van der Waals surface area contributed by atoms with Gasteiger partial charge in [-0.1, -0.05) is 12.1 Å². The van der Waals surface area contributed by atoms with Crippen molar-refractivity contribution in [2.45, 2.75) is 25.8 Å². The second kappa shape index (κ2) is 13.1. The molecule has 2 aromatic carbocycles. The lowest BCUT2D eigenvalue weighted by atomic mass is 10.0. The Morgan fingerprint density at radius 1 is 1.03 bits per heavy atom. The average Bonchev–Trinajstić information content (AvgIpc) is 2.93. The molecule has 0 bridgehead atoms. The van der Waals surface area contributed by atoms with Crippen LogP contribution in [0.15, 0.2) is 47.6 Å². The molecule has 10 nitrogen and oxygen atoms in total. The number of carbonyl (C=O) groups is 2. The number of ether oxygens (including phenoxy) is 4. The Hall–Kier alpha value is -3.63. The van der Waals surface area contributed by atoms with Crippen LogP contribution in [-0.4, -0.2) is 81.3 Å². The number of anilines is 1. The van der Waals surface area contributed by atoms with Gasteiger partial charge in [0.15, 0.2) is 11.5 Å². The first-order chi connectivity index (χ1) is 18.1. The van der Waals surface area contributed by atoms with Gasteiger partial charge in [0, 0.05) is 43.7 Å². The highest BCUT2D eigenvalue weighted by Gasteiger charge is 2.22. The molecule has 2 aliphatic heterocycles. The molecule has 1 N–H and O–H groups in total. The van der Waals surface area contributed by atoms with E-state index < -0.39 is 6.09 Å². The minimum Gasteiger partial charge on any atom is -0.493 e. The zero-order valence-electron chi connectivity index (χ0n) is 21.4. The third-order valence-corrected chi connectivity index (χ3v) is 6.31. The molecule has 1 saturated heterocycles. The van der Waals surface area contributed by atoms with Crippen molar-refractivity contribution in [2.24, 2.45) is 5.10 Å². The summed E-state index contributed by atoms with van der Waals surface area (Å²) in [6, 6.07) is 12.9. The molecule has 2 heterocycles. The number of nitrogens with one attached hydrogen (secondary N) is 1. The topological polar surface area (TPSA) is 102 Å². The summed E-state index contributed by atoms with van der Waals surface area (Å²) in [6.45, 7) is 4.94. The molecule has 2 aromatic rings. The monoisotopic (exact) mass is 510 g/mol. The van der Waals surface area contributed by atoms with Gasteiger partial charge < -0.3 is 18.9 Å². The zero-order chi connectivity index (χ0) is 26.0. The Labute approximate surface area is 217 Å². The first kappa shape index (κ1) is 26.4. The van der Waals surface area contributed by atoms with Crippen molar-refractivity contribution in [3.05, 3.63) is 53.6 Å². The number of nitrogens with zero attached hydrogens (tertiary/aromatic N) is 3. The van der Waals surface area contributed by atoms with Gasteiger partial charge in [-0.25, -0.2) is 9.80 Å². The second-order valence-corrected chi connectivity index (χ2v) is 8.83. The van der Waals surface area contributed by atoms with E-state index in [0.717, 1.165) is 56.1 Å². The standard InChI is InChI=1S/C27H34N4O6/c1-34-24-10-6-21(18-25(24)35-2)23-9-11-26(32)31(29-23)19-20-4-7-22(8-5-20)28-27(33)37-15-3-12-30-13-16-36-17-14-30/h4-8,10,18H,3,9,11-17,19H2,1-2H3,(H,28,33). The lowest BCUT2D eigenvalue weighted by molar-refractivity contribution is -0.132. The highest BCUT2D eigenvalue weighted by molar-refractivity contribution is 6.04. The predicted molar refractivity (Wildman–Crippen MR) is 139 cm³/mol. The van der Waals surface area contributed by atoms with Crippen LogP contribution in [0.2, 0.25) is 0 Å². The van der Waals surface area contributed by atoms with Gasteiger partial charge >= 0.3 is 6.09 Å². The van der Waals surface area contributed by atoms with Crippen molar-refractivity contribution >= 4 is 23.4 Å². The molecular weight excluding hydrogens is 476 g/mol. The summed E-state index contributed by atoms with van der Waals surface area (Å²) in [5.41, 5.74) is 3.23. The Kier molecular flexibility index (Phi) is 9.34. The SMILES string of the molecule is COc1ccc(C2=NN(Cc3ccc(NC(=O)OCCCN4CCOCC4)cc3)C(=O)CC2)cc1OC. The molecule has 0 aliphatic carbocycles. The fraction of sp³-hybridized carbons (Fsp3) is 0.444. The molecule has 198 valence electrons. The summed E-state index contributed by atoms with van der Waals surface area (Å²) >= 11 is 0. The maximum absolute atomic E-state index is 12.5. The van der Waals surface area contributed by atoms with E-state index in [1.807, 2.05) is 30.3 Å². The van der Waals surface area contributed by atoms with Crippen molar-refractivity contribution in [2.75, 3.05) is 59.0 Å². The molecule has 0 saturated carbocycles. The highest BCUT2D eigenvalue weighted by atomic mass is 16.5. The van der Waals surface area contributed by atoms with Gasteiger partial charge in [0.1, 0.15) is 0 Å². The van der Waals surface area contributed by atoms with Gasteiger partial charge in [-0.15, -0.1) is 0 Å². The van der Waals surface area contributed by atoms with E-state index in [2.05, 4.69) is 15.3 Å². The Bertz CT molecular complexity index is 1100. The first-order valence-corrected chi connectivity index (χ1v) is 12.5. The molecule has 0 aromatic heterocycles. The molecule has 4 rings (SSSR count). The van der Waals surface area contributed by atoms with Crippen LogP contribution in [0.5, 0.6) is 11.5 Å². The number of hydrogen-bond donors (Lipinski definition) is 1. The van der Waals surface area contributed by atoms with Gasteiger partial charge in [-0.05, 0) is 42.3 Å².